The molecule has 0 spiro atoms. The molecule has 0 aliphatic heterocycles. The van der Waals surface area contributed by atoms with Crippen molar-refractivity contribution >= 4 is 5.84 Å². The van der Waals surface area contributed by atoms with Gasteiger partial charge in [-0.2, -0.15) is 0 Å². The number of hydrogen-bond acceptors (Lipinski definition) is 4. The van der Waals surface area contributed by atoms with Gasteiger partial charge in [-0.05, 0) is 49.4 Å². The molecule has 1 aromatic carbocycles. The van der Waals surface area contributed by atoms with Crippen molar-refractivity contribution in [3.8, 4) is 5.75 Å². The lowest BCUT2D eigenvalue weighted by Crippen LogP contribution is -2.23. The third-order valence-electron chi connectivity index (χ3n) is 3.79. The van der Waals surface area contributed by atoms with Crippen molar-refractivity contribution in [2.45, 2.75) is 25.8 Å². The molecule has 0 heterocycles. The SMILES string of the molecule is COc1cc(CNCC2CC=CCC2)ccc1/C(N)=N/O. The monoisotopic (exact) mass is 289 g/mol. The van der Waals surface area contributed by atoms with Crippen LogP contribution in [0, 0.1) is 5.92 Å². The first-order valence-corrected chi connectivity index (χ1v) is 7.25. The van der Waals surface area contributed by atoms with Crippen molar-refractivity contribution in [3.63, 3.8) is 0 Å². The maximum absolute atomic E-state index is 8.75. The summed E-state index contributed by atoms with van der Waals surface area (Å²) in [6.45, 7) is 1.81. The Morgan fingerprint density at radius 2 is 2.33 bits per heavy atom. The molecule has 5 heteroatoms. The number of ether oxygens (including phenoxy) is 1. The third-order valence-corrected chi connectivity index (χ3v) is 3.79. The molecular weight excluding hydrogens is 266 g/mol. The summed E-state index contributed by atoms with van der Waals surface area (Å²) >= 11 is 0. The van der Waals surface area contributed by atoms with E-state index in [1.54, 1.807) is 7.11 Å². The zero-order valence-corrected chi connectivity index (χ0v) is 12.4. The van der Waals surface area contributed by atoms with Crippen LogP contribution in [0.15, 0.2) is 35.5 Å². The minimum Gasteiger partial charge on any atom is -0.496 e. The quantitative estimate of drug-likeness (QED) is 0.247. The number of nitrogens with two attached hydrogens (primary N) is 1. The molecule has 1 unspecified atom stereocenters. The van der Waals surface area contributed by atoms with E-state index < -0.39 is 0 Å². The van der Waals surface area contributed by atoms with Crippen LogP contribution in [0.5, 0.6) is 5.75 Å². The number of rotatable bonds is 6. The standard InChI is InChI=1S/C16H23N3O2/c1-21-15-9-13(7-8-14(15)16(17)19-20)11-18-10-12-5-3-2-4-6-12/h2-3,7-9,12,18,20H,4-6,10-11H2,1H3,(H2,17,19). The molecular formula is C16H23N3O2. The van der Waals surface area contributed by atoms with Gasteiger partial charge < -0.3 is 21.0 Å². The average Bonchev–Trinajstić information content (AvgIpc) is 2.55. The maximum atomic E-state index is 8.75. The second-order valence-electron chi connectivity index (χ2n) is 5.30. The molecule has 0 saturated heterocycles. The second kappa shape index (κ2) is 7.69. The lowest BCUT2D eigenvalue weighted by molar-refractivity contribution is 0.318. The summed E-state index contributed by atoms with van der Waals surface area (Å²) in [6.07, 6.45) is 8.14. The smallest absolute Gasteiger partial charge is 0.173 e. The molecule has 1 aliphatic carbocycles. The highest BCUT2D eigenvalue weighted by molar-refractivity contribution is 5.99. The molecule has 114 valence electrons. The zero-order chi connectivity index (χ0) is 15.1. The molecule has 0 aromatic heterocycles. The number of oxime groups is 1. The fourth-order valence-corrected chi connectivity index (χ4v) is 2.57. The summed E-state index contributed by atoms with van der Waals surface area (Å²) in [5.41, 5.74) is 7.33. The average molecular weight is 289 g/mol. The Bertz CT molecular complexity index is 526. The van der Waals surface area contributed by atoms with Crippen LogP contribution in [0.2, 0.25) is 0 Å². The van der Waals surface area contributed by atoms with Gasteiger partial charge in [-0.1, -0.05) is 23.4 Å². The number of nitrogens with one attached hydrogen (secondary N) is 1. The Balaban J connectivity index is 1.93. The van der Waals surface area contributed by atoms with E-state index in [-0.39, 0.29) is 5.84 Å². The highest BCUT2D eigenvalue weighted by atomic mass is 16.5. The van der Waals surface area contributed by atoms with Crippen LogP contribution < -0.4 is 15.8 Å². The molecule has 4 N–H and O–H groups in total. The molecule has 1 aromatic rings. The number of amidine groups is 1. The molecule has 1 aliphatic rings. The summed E-state index contributed by atoms with van der Waals surface area (Å²) in [5, 5.41) is 15.3. The minimum atomic E-state index is 0.0559. The highest BCUT2D eigenvalue weighted by Crippen LogP contribution is 2.21. The van der Waals surface area contributed by atoms with Gasteiger partial charge in [-0.3, -0.25) is 0 Å². The predicted molar refractivity (Wildman–Crippen MR) is 83.7 cm³/mol. The summed E-state index contributed by atoms with van der Waals surface area (Å²) < 4.78 is 5.30. The van der Waals surface area contributed by atoms with Gasteiger partial charge in [0, 0.05) is 6.54 Å². The summed E-state index contributed by atoms with van der Waals surface area (Å²) in [6, 6.07) is 5.69. The van der Waals surface area contributed by atoms with Crippen LogP contribution in [0.3, 0.4) is 0 Å². The van der Waals surface area contributed by atoms with Crippen LogP contribution in [-0.4, -0.2) is 24.7 Å². The van der Waals surface area contributed by atoms with Crippen molar-refractivity contribution in [2.75, 3.05) is 13.7 Å². The topological polar surface area (TPSA) is 79.9 Å². The van der Waals surface area contributed by atoms with Crippen molar-refractivity contribution in [3.05, 3.63) is 41.5 Å². The lowest BCUT2D eigenvalue weighted by Gasteiger charge is -2.18. The fourth-order valence-electron chi connectivity index (χ4n) is 2.57. The van der Waals surface area contributed by atoms with Gasteiger partial charge >= 0.3 is 0 Å². The van der Waals surface area contributed by atoms with Crippen LogP contribution in [-0.2, 0) is 6.54 Å². The molecule has 0 fully saturated rings. The number of benzene rings is 1. The van der Waals surface area contributed by atoms with Gasteiger partial charge in [0.2, 0.25) is 0 Å². The highest BCUT2D eigenvalue weighted by Gasteiger charge is 2.11. The molecule has 2 rings (SSSR count). The second-order valence-corrected chi connectivity index (χ2v) is 5.30. The lowest BCUT2D eigenvalue weighted by atomic mass is 9.94. The van der Waals surface area contributed by atoms with E-state index in [0.717, 1.165) is 24.6 Å². The maximum Gasteiger partial charge on any atom is 0.173 e. The predicted octanol–water partition coefficient (Wildman–Crippen LogP) is 2.24. The number of nitrogens with zero attached hydrogens (tertiary/aromatic N) is 1. The van der Waals surface area contributed by atoms with Crippen molar-refractivity contribution in [1.82, 2.24) is 5.32 Å². The summed E-state index contributed by atoms with van der Waals surface area (Å²) in [7, 11) is 1.58. The Morgan fingerprint density at radius 3 is 3.00 bits per heavy atom. The Morgan fingerprint density at radius 1 is 1.48 bits per heavy atom. The molecule has 0 saturated carbocycles. The molecule has 0 radical (unpaired) electrons. The Hall–Kier alpha value is -2.01. The van der Waals surface area contributed by atoms with Crippen LogP contribution in [0.4, 0.5) is 0 Å². The molecule has 1 atom stereocenters. The van der Waals surface area contributed by atoms with Gasteiger partial charge in [-0.15, -0.1) is 0 Å². The zero-order valence-electron chi connectivity index (χ0n) is 12.4. The Labute approximate surface area is 125 Å². The van der Waals surface area contributed by atoms with E-state index in [4.69, 9.17) is 15.7 Å². The van der Waals surface area contributed by atoms with Gasteiger partial charge in [0.15, 0.2) is 5.84 Å². The van der Waals surface area contributed by atoms with Crippen molar-refractivity contribution in [1.29, 1.82) is 0 Å². The first-order chi connectivity index (χ1) is 10.2. The fraction of sp³-hybridized carbons (Fsp3) is 0.438. The first-order valence-electron chi connectivity index (χ1n) is 7.25. The largest absolute Gasteiger partial charge is 0.496 e. The Kier molecular flexibility index (Phi) is 5.63. The van der Waals surface area contributed by atoms with E-state index in [1.807, 2.05) is 18.2 Å². The van der Waals surface area contributed by atoms with Crippen LogP contribution >= 0.6 is 0 Å². The van der Waals surface area contributed by atoms with Crippen molar-refractivity contribution in [2.24, 2.45) is 16.8 Å². The van der Waals surface area contributed by atoms with Crippen LogP contribution in [0.25, 0.3) is 0 Å². The molecule has 0 bridgehead atoms. The summed E-state index contributed by atoms with van der Waals surface area (Å²) in [4.78, 5) is 0. The van der Waals surface area contributed by atoms with Crippen molar-refractivity contribution < 1.29 is 9.94 Å². The van der Waals surface area contributed by atoms with Gasteiger partial charge in [0.05, 0.1) is 12.7 Å². The molecule has 5 nitrogen and oxygen atoms in total. The number of methoxy groups -OCH3 is 1. The van der Waals surface area contributed by atoms with E-state index in [9.17, 15) is 0 Å². The molecule has 21 heavy (non-hydrogen) atoms. The van der Waals surface area contributed by atoms with E-state index in [0.29, 0.717) is 11.3 Å². The summed E-state index contributed by atoms with van der Waals surface area (Å²) in [5.74, 6) is 1.40. The normalized spacial score (nSPS) is 18.7. The van der Waals surface area contributed by atoms with Crippen LogP contribution in [0.1, 0.15) is 30.4 Å². The minimum absolute atomic E-state index is 0.0559. The first kappa shape index (κ1) is 15.4. The number of allylic oxidation sites excluding steroid dienone is 2. The van der Waals surface area contributed by atoms with E-state index in [2.05, 4.69) is 22.6 Å². The van der Waals surface area contributed by atoms with Gasteiger partial charge in [-0.25, -0.2) is 0 Å². The van der Waals surface area contributed by atoms with E-state index >= 15 is 0 Å². The van der Waals surface area contributed by atoms with Gasteiger partial charge in [0.1, 0.15) is 5.75 Å². The third kappa shape index (κ3) is 4.23. The van der Waals surface area contributed by atoms with E-state index in [1.165, 1.54) is 19.3 Å². The van der Waals surface area contributed by atoms with Gasteiger partial charge in [0.25, 0.3) is 0 Å². The number of hydrogen-bond donors (Lipinski definition) is 3. The molecule has 0 amide bonds.